The Balaban J connectivity index is 2.48. The topological polar surface area (TPSA) is 91.6 Å². The summed E-state index contributed by atoms with van der Waals surface area (Å²) in [5.74, 6) is 0.00332. The van der Waals surface area contributed by atoms with Crippen LogP contribution in [-0.2, 0) is 14.1 Å². The maximum absolute atomic E-state index is 12.5. The Morgan fingerprint density at radius 1 is 1.04 bits per heavy atom. The van der Waals surface area contributed by atoms with E-state index in [2.05, 4.69) is 5.32 Å². The minimum Gasteiger partial charge on any atom is -0.495 e. The van der Waals surface area contributed by atoms with E-state index in [1.807, 2.05) is 0 Å². The van der Waals surface area contributed by atoms with Crippen molar-refractivity contribution in [3.63, 3.8) is 0 Å². The van der Waals surface area contributed by atoms with Crippen molar-refractivity contribution >= 4 is 23.2 Å². The molecule has 0 aliphatic rings. The first-order valence-corrected chi connectivity index (χ1v) is 7.17. The highest BCUT2D eigenvalue weighted by Gasteiger charge is 2.17. The van der Waals surface area contributed by atoms with Gasteiger partial charge in [-0.25, -0.2) is 4.79 Å². The fraction of sp³-hybridized carbons (Fsp3) is 0.267. The minimum absolute atomic E-state index is 0.0842. The molecule has 128 valence electrons. The van der Waals surface area contributed by atoms with Gasteiger partial charge in [0.05, 0.1) is 24.9 Å². The number of nitrogens with zero attached hydrogens (tertiary/aromatic N) is 2. The molecule has 0 radical (unpaired) electrons. The van der Waals surface area contributed by atoms with Crippen molar-refractivity contribution in [2.45, 2.75) is 0 Å². The third-order valence-electron chi connectivity index (χ3n) is 3.48. The van der Waals surface area contributed by atoms with Gasteiger partial charge in [-0.05, 0) is 0 Å². The highest BCUT2D eigenvalue weighted by molar-refractivity contribution is 6.32. The first-order valence-electron chi connectivity index (χ1n) is 6.80. The lowest BCUT2D eigenvalue weighted by Gasteiger charge is -2.14. The van der Waals surface area contributed by atoms with Gasteiger partial charge in [0.25, 0.3) is 11.5 Å². The summed E-state index contributed by atoms with van der Waals surface area (Å²) in [7, 11) is 5.58. The lowest BCUT2D eigenvalue weighted by atomic mass is 10.2. The van der Waals surface area contributed by atoms with E-state index in [0.717, 1.165) is 15.2 Å². The van der Waals surface area contributed by atoms with Crippen molar-refractivity contribution in [2.75, 3.05) is 19.5 Å². The van der Waals surface area contributed by atoms with E-state index in [-0.39, 0.29) is 11.4 Å². The monoisotopic (exact) mass is 353 g/mol. The number of halogens is 1. The number of benzene rings is 1. The molecule has 0 aliphatic heterocycles. The maximum atomic E-state index is 12.5. The van der Waals surface area contributed by atoms with Gasteiger partial charge in [-0.3, -0.25) is 18.7 Å². The van der Waals surface area contributed by atoms with E-state index >= 15 is 0 Å². The molecule has 24 heavy (non-hydrogen) atoms. The van der Waals surface area contributed by atoms with Crippen LogP contribution >= 0.6 is 11.6 Å². The standard InChI is InChI=1S/C15H16ClN3O5/c1-18-10(7-13(20)19(2)15(18)22)14(21)17-9-6-11(23-3)8(16)5-12(9)24-4/h5-7H,1-4H3,(H,17,21). The average molecular weight is 354 g/mol. The summed E-state index contributed by atoms with van der Waals surface area (Å²) in [5.41, 5.74) is -0.979. The lowest BCUT2D eigenvalue weighted by Crippen LogP contribution is -2.40. The highest BCUT2D eigenvalue weighted by Crippen LogP contribution is 2.35. The van der Waals surface area contributed by atoms with Crippen LogP contribution in [0.25, 0.3) is 0 Å². The number of anilines is 1. The molecule has 9 heteroatoms. The van der Waals surface area contributed by atoms with Crippen LogP contribution in [0.3, 0.4) is 0 Å². The summed E-state index contributed by atoms with van der Waals surface area (Å²) in [6.07, 6.45) is 0. The molecule has 1 amide bonds. The van der Waals surface area contributed by atoms with E-state index < -0.39 is 17.2 Å². The van der Waals surface area contributed by atoms with Crippen molar-refractivity contribution in [1.29, 1.82) is 0 Å². The van der Waals surface area contributed by atoms with Crippen LogP contribution in [0.5, 0.6) is 11.5 Å². The van der Waals surface area contributed by atoms with Gasteiger partial charge in [0.1, 0.15) is 17.2 Å². The number of rotatable bonds is 4. The van der Waals surface area contributed by atoms with E-state index in [1.165, 1.54) is 40.4 Å². The Labute approximate surface area is 142 Å². The summed E-state index contributed by atoms with van der Waals surface area (Å²) < 4.78 is 12.3. The molecule has 0 bridgehead atoms. The zero-order valence-corrected chi connectivity index (χ0v) is 14.3. The second-order valence-corrected chi connectivity index (χ2v) is 5.32. The number of ether oxygens (including phenoxy) is 2. The zero-order valence-electron chi connectivity index (χ0n) is 13.5. The summed E-state index contributed by atoms with van der Waals surface area (Å²) in [6, 6.07) is 4.05. The number of hydrogen-bond acceptors (Lipinski definition) is 5. The second kappa shape index (κ2) is 6.79. The van der Waals surface area contributed by atoms with Crippen LogP contribution in [0.2, 0.25) is 5.02 Å². The Kier molecular flexibility index (Phi) is 4.99. The van der Waals surface area contributed by atoms with Crippen molar-refractivity contribution < 1.29 is 14.3 Å². The molecule has 2 rings (SSSR count). The van der Waals surface area contributed by atoms with Crippen LogP contribution in [0, 0.1) is 0 Å². The lowest BCUT2D eigenvalue weighted by molar-refractivity contribution is 0.101. The average Bonchev–Trinajstić information content (AvgIpc) is 2.57. The van der Waals surface area contributed by atoms with E-state index in [1.54, 1.807) is 0 Å². The first kappa shape index (κ1) is 17.6. The van der Waals surface area contributed by atoms with Crippen LogP contribution in [-0.4, -0.2) is 29.3 Å². The predicted octanol–water partition coefficient (Wildman–Crippen LogP) is 1.01. The Morgan fingerprint density at radius 3 is 2.25 bits per heavy atom. The summed E-state index contributed by atoms with van der Waals surface area (Å²) in [4.78, 5) is 36.1. The summed E-state index contributed by atoms with van der Waals surface area (Å²) >= 11 is 6.01. The number of methoxy groups -OCH3 is 2. The molecular formula is C15H16ClN3O5. The molecule has 0 aliphatic carbocycles. The number of carbonyl (C=O) groups excluding carboxylic acids is 1. The van der Waals surface area contributed by atoms with Gasteiger partial charge in [-0.2, -0.15) is 0 Å². The highest BCUT2D eigenvalue weighted by atomic mass is 35.5. The fourth-order valence-electron chi connectivity index (χ4n) is 2.10. The number of amides is 1. The quantitative estimate of drug-likeness (QED) is 0.885. The molecule has 0 atom stereocenters. The normalized spacial score (nSPS) is 10.4. The van der Waals surface area contributed by atoms with E-state index in [0.29, 0.717) is 16.5 Å². The predicted molar refractivity (Wildman–Crippen MR) is 89.4 cm³/mol. The van der Waals surface area contributed by atoms with Gasteiger partial charge >= 0.3 is 5.69 Å². The molecule has 0 spiro atoms. The molecule has 1 heterocycles. The minimum atomic E-state index is -0.644. The van der Waals surface area contributed by atoms with Crippen molar-refractivity contribution in [2.24, 2.45) is 14.1 Å². The van der Waals surface area contributed by atoms with E-state index in [4.69, 9.17) is 21.1 Å². The van der Waals surface area contributed by atoms with E-state index in [9.17, 15) is 14.4 Å². The molecule has 0 saturated heterocycles. The maximum Gasteiger partial charge on any atom is 0.331 e. The smallest absolute Gasteiger partial charge is 0.331 e. The van der Waals surface area contributed by atoms with Crippen LogP contribution < -0.4 is 26.0 Å². The third-order valence-corrected chi connectivity index (χ3v) is 3.78. The summed E-state index contributed by atoms with van der Waals surface area (Å²) in [5, 5.41) is 2.90. The number of aromatic nitrogens is 2. The van der Waals surface area contributed by atoms with Crippen molar-refractivity contribution in [1.82, 2.24) is 9.13 Å². The molecule has 8 nitrogen and oxygen atoms in total. The second-order valence-electron chi connectivity index (χ2n) is 4.91. The number of hydrogen-bond donors (Lipinski definition) is 1. The largest absolute Gasteiger partial charge is 0.495 e. The van der Waals surface area contributed by atoms with Gasteiger partial charge in [0.15, 0.2) is 0 Å². The molecule has 0 fully saturated rings. The molecule has 1 N–H and O–H groups in total. The molecular weight excluding hydrogens is 338 g/mol. The Hall–Kier alpha value is -2.74. The Bertz CT molecular complexity index is 917. The van der Waals surface area contributed by atoms with Gasteiger partial charge < -0.3 is 14.8 Å². The molecule has 0 unspecified atom stereocenters. The van der Waals surface area contributed by atoms with Gasteiger partial charge in [0, 0.05) is 32.3 Å². The van der Waals surface area contributed by atoms with Crippen LogP contribution in [0.15, 0.2) is 27.8 Å². The van der Waals surface area contributed by atoms with Crippen molar-refractivity contribution in [3.05, 3.63) is 49.8 Å². The number of carbonyl (C=O) groups is 1. The fourth-order valence-corrected chi connectivity index (χ4v) is 2.33. The molecule has 1 aromatic carbocycles. The van der Waals surface area contributed by atoms with Crippen molar-refractivity contribution in [3.8, 4) is 11.5 Å². The third kappa shape index (κ3) is 3.13. The molecule has 2 aromatic rings. The molecule has 0 saturated carbocycles. The van der Waals surface area contributed by atoms with Gasteiger partial charge in [0.2, 0.25) is 0 Å². The first-order chi connectivity index (χ1) is 11.3. The van der Waals surface area contributed by atoms with Gasteiger partial charge in [-0.1, -0.05) is 11.6 Å². The Morgan fingerprint density at radius 2 is 1.67 bits per heavy atom. The van der Waals surface area contributed by atoms with Crippen LogP contribution in [0.1, 0.15) is 10.5 Å². The van der Waals surface area contributed by atoms with Crippen LogP contribution in [0.4, 0.5) is 5.69 Å². The molecule has 1 aromatic heterocycles. The van der Waals surface area contributed by atoms with Gasteiger partial charge in [-0.15, -0.1) is 0 Å². The zero-order chi connectivity index (χ0) is 18.0. The summed E-state index contributed by atoms with van der Waals surface area (Å²) in [6.45, 7) is 0. The number of nitrogens with one attached hydrogen (secondary N) is 1. The SMILES string of the molecule is COc1cc(NC(=O)c2cc(=O)n(C)c(=O)n2C)c(OC)cc1Cl.